The number of hydrogen-bond acceptors (Lipinski definition) is 6. The minimum Gasteiger partial charge on any atom is -0.476 e. The Balaban J connectivity index is 2.21. The second kappa shape index (κ2) is 6.84. The normalized spacial score (nSPS) is 17.7. The summed E-state index contributed by atoms with van der Waals surface area (Å²) in [6.45, 7) is 7.65. The Morgan fingerprint density at radius 2 is 1.93 bits per heavy atom. The molecule has 2 aromatic rings. The van der Waals surface area contributed by atoms with E-state index in [4.69, 9.17) is 4.74 Å². The predicted molar refractivity (Wildman–Crippen MR) is 99.1 cm³/mol. The van der Waals surface area contributed by atoms with E-state index in [0.717, 1.165) is 25.9 Å². The molecule has 1 unspecified atom stereocenters. The van der Waals surface area contributed by atoms with Gasteiger partial charge in [0.1, 0.15) is 11.5 Å². The molecule has 8 heteroatoms. The molecule has 3 heterocycles. The van der Waals surface area contributed by atoms with Crippen LogP contribution >= 0.6 is 0 Å². The third-order valence-electron chi connectivity index (χ3n) is 5.31. The molecule has 1 saturated heterocycles. The largest absolute Gasteiger partial charge is 0.476 e. The Kier molecular flexibility index (Phi) is 4.86. The van der Waals surface area contributed by atoms with Crippen LogP contribution in [0.5, 0.6) is 0 Å². The highest BCUT2D eigenvalue weighted by molar-refractivity contribution is 5.87. The van der Waals surface area contributed by atoms with Crippen LogP contribution in [0.25, 0.3) is 5.65 Å². The second-order valence-electron chi connectivity index (χ2n) is 7.80. The number of carbonyl (C=O) groups is 2. The number of aliphatic hydroxyl groups is 1. The van der Waals surface area contributed by atoms with Crippen molar-refractivity contribution >= 4 is 23.4 Å². The number of esters is 1. The summed E-state index contributed by atoms with van der Waals surface area (Å²) >= 11 is 0. The maximum atomic E-state index is 12.0. The number of rotatable bonds is 4. The third-order valence-corrected chi connectivity index (χ3v) is 5.31. The molecular formula is C19H25N3O5. The quantitative estimate of drug-likeness (QED) is 0.789. The fourth-order valence-electron chi connectivity index (χ4n) is 3.56. The average Bonchev–Trinajstić information content (AvgIpc) is 3.03. The number of aliphatic hydroxyl groups excluding tert-OH is 1. The van der Waals surface area contributed by atoms with Gasteiger partial charge in [-0.2, -0.15) is 0 Å². The molecule has 0 radical (unpaired) electrons. The Hall–Kier alpha value is -2.61. The van der Waals surface area contributed by atoms with Gasteiger partial charge < -0.3 is 19.8 Å². The molecule has 0 spiro atoms. The van der Waals surface area contributed by atoms with Gasteiger partial charge in [0.2, 0.25) is 0 Å². The molecule has 0 aliphatic carbocycles. The van der Waals surface area contributed by atoms with E-state index in [2.05, 4.69) is 23.7 Å². The zero-order valence-electron chi connectivity index (χ0n) is 16.0. The minimum absolute atomic E-state index is 0.0855. The number of piperidine rings is 1. The van der Waals surface area contributed by atoms with Gasteiger partial charge in [-0.15, -0.1) is 0 Å². The summed E-state index contributed by atoms with van der Waals surface area (Å²) in [6, 6.07) is 1.67. The number of pyridine rings is 1. The van der Waals surface area contributed by atoms with Gasteiger partial charge in [-0.3, -0.25) is 4.40 Å². The monoisotopic (exact) mass is 375 g/mol. The molecule has 1 aliphatic heterocycles. The molecule has 0 bridgehead atoms. The summed E-state index contributed by atoms with van der Waals surface area (Å²) in [4.78, 5) is 29.7. The highest BCUT2D eigenvalue weighted by Crippen LogP contribution is 2.37. The van der Waals surface area contributed by atoms with Gasteiger partial charge in [-0.05, 0) is 36.8 Å². The van der Waals surface area contributed by atoms with Crippen molar-refractivity contribution in [2.24, 2.45) is 5.41 Å². The highest BCUT2D eigenvalue weighted by atomic mass is 16.5. The number of fused-ring (bicyclic) bond motifs is 1. The zero-order valence-corrected chi connectivity index (χ0v) is 16.0. The molecule has 0 saturated carbocycles. The van der Waals surface area contributed by atoms with Crippen molar-refractivity contribution in [1.29, 1.82) is 0 Å². The van der Waals surface area contributed by atoms with E-state index in [9.17, 15) is 19.8 Å². The van der Waals surface area contributed by atoms with E-state index in [1.54, 1.807) is 17.4 Å². The van der Waals surface area contributed by atoms with Crippen LogP contribution in [-0.2, 0) is 9.53 Å². The first kappa shape index (κ1) is 19.2. The Morgan fingerprint density at radius 3 is 2.48 bits per heavy atom. The van der Waals surface area contributed by atoms with Crippen LogP contribution in [-0.4, -0.2) is 51.7 Å². The van der Waals surface area contributed by atoms with Crippen molar-refractivity contribution in [1.82, 2.24) is 9.38 Å². The number of nitrogens with zero attached hydrogens (tertiary/aromatic N) is 3. The van der Waals surface area contributed by atoms with E-state index in [0.29, 0.717) is 22.6 Å². The summed E-state index contributed by atoms with van der Waals surface area (Å²) < 4.78 is 6.37. The van der Waals surface area contributed by atoms with Gasteiger partial charge in [0.25, 0.3) is 0 Å². The SMILES string of the molecule is COC(=O)C(O)c1c(C)cc2nc(C(=O)O)cn2c1N1CCC(C)(C)CC1. The molecule has 27 heavy (non-hydrogen) atoms. The van der Waals surface area contributed by atoms with Crippen LogP contribution in [0.2, 0.25) is 0 Å². The number of aryl methyl sites for hydroxylation is 1. The molecule has 2 aromatic heterocycles. The van der Waals surface area contributed by atoms with Crippen molar-refractivity contribution in [3.63, 3.8) is 0 Å². The fraction of sp³-hybridized carbons (Fsp3) is 0.526. The number of methoxy groups -OCH3 is 1. The fourth-order valence-corrected chi connectivity index (χ4v) is 3.56. The lowest BCUT2D eigenvalue weighted by molar-refractivity contribution is -0.150. The standard InChI is InChI=1S/C19H25N3O5/c1-11-9-13-20-12(17(24)25)10-22(13)16(14(11)15(23)18(26)27-4)21-7-5-19(2,3)6-8-21/h9-10,15,23H,5-8H2,1-4H3,(H,24,25). The lowest BCUT2D eigenvalue weighted by Crippen LogP contribution is -2.39. The second-order valence-corrected chi connectivity index (χ2v) is 7.80. The summed E-state index contributed by atoms with van der Waals surface area (Å²) in [5.74, 6) is -1.29. The van der Waals surface area contributed by atoms with E-state index < -0.39 is 18.0 Å². The lowest BCUT2D eigenvalue weighted by Gasteiger charge is -2.39. The van der Waals surface area contributed by atoms with Gasteiger partial charge >= 0.3 is 11.9 Å². The molecule has 8 nitrogen and oxygen atoms in total. The molecule has 1 atom stereocenters. The number of aromatic nitrogens is 2. The van der Waals surface area contributed by atoms with Crippen LogP contribution in [0.1, 0.15) is 54.4 Å². The van der Waals surface area contributed by atoms with Crippen molar-refractivity contribution in [2.75, 3.05) is 25.1 Å². The van der Waals surface area contributed by atoms with Crippen LogP contribution in [0.4, 0.5) is 5.82 Å². The van der Waals surface area contributed by atoms with Gasteiger partial charge in [0.05, 0.1) is 7.11 Å². The number of hydrogen-bond donors (Lipinski definition) is 2. The first-order valence-corrected chi connectivity index (χ1v) is 8.91. The number of aromatic carboxylic acids is 1. The Morgan fingerprint density at radius 1 is 1.30 bits per heavy atom. The maximum Gasteiger partial charge on any atom is 0.356 e. The number of carbonyl (C=O) groups excluding carboxylic acids is 1. The van der Waals surface area contributed by atoms with E-state index >= 15 is 0 Å². The van der Waals surface area contributed by atoms with Gasteiger partial charge in [-0.1, -0.05) is 13.8 Å². The van der Waals surface area contributed by atoms with E-state index in [-0.39, 0.29) is 11.1 Å². The number of ether oxygens (including phenoxy) is 1. The number of anilines is 1. The Bertz CT molecular complexity index is 892. The molecule has 1 aliphatic rings. The molecule has 2 N–H and O–H groups in total. The molecular weight excluding hydrogens is 350 g/mol. The summed E-state index contributed by atoms with van der Waals surface area (Å²) in [6.07, 6.45) is 1.85. The van der Waals surface area contributed by atoms with Crippen LogP contribution in [0, 0.1) is 12.3 Å². The molecule has 0 aromatic carbocycles. The van der Waals surface area contributed by atoms with Crippen molar-refractivity contribution in [3.05, 3.63) is 29.1 Å². The number of imidazole rings is 1. The maximum absolute atomic E-state index is 12.0. The van der Waals surface area contributed by atoms with E-state index in [1.807, 2.05) is 0 Å². The summed E-state index contributed by atoms with van der Waals surface area (Å²) in [7, 11) is 1.22. The zero-order chi connectivity index (χ0) is 19.9. The highest BCUT2D eigenvalue weighted by Gasteiger charge is 2.32. The number of carboxylic acids is 1. The molecule has 3 rings (SSSR count). The van der Waals surface area contributed by atoms with Gasteiger partial charge in [-0.25, -0.2) is 14.6 Å². The molecule has 146 valence electrons. The smallest absolute Gasteiger partial charge is 0.356 e. The average molecular weight is 375 g/mol. The molecule has 0 amide bonds. The van der Waals surface area contributed by atoms with Crippen LogP contribution in [0.3, 0.4) is 0 Å². The summed E-state index contributed by atoms with van der Waals surface area (Å²) in [5.41, 5.74) is 1.66. The van der Waals surface area contributed by atoms with Gasteiger partial charge in [0, 0.05) is 24.8 Å². The van der Waals surface area contributed by atoms with Crippen molar-refractivity contribution in [3.8, 4) is 0 Å². The summed E-state index contributed by atoms with van der Waals surface area (Å²) in [5, 5.41) is 19.9. The topological polar surface area (TPSA) is 104 Å². The van der Waals surface area contributed by atoms with Crippen LogP contribution in [0.15, 0.2) is 12.3 Å². The van der Waals surface area contributed by atoms with Crippen molar-refractivity contribution in [2.45, 2.75) is 39.7 Å². The van der Waals surface area contributed by atoms with Crippen LogP contribution < -0.4 is 4.90 Å². The lowest BCUT2D eigenvalue weighted by atomic mass is 9.82. The number of carboxylic acid groups (broad SMARTS) is 1. The first-order chi connectivity index (χ1) is 12.6. The first-order valence-electron chi connectivity index (χ1n) is 8.91. The van der Waals surface area contributed by atoms with E-state index in [1.165, 1.54) is 13.3 Å². The predicted octanol–water partition coefficient (Wildman–Crippen LogP) is 2.17. The third kappa shape index (κ3) is 3.49. The molecule has 1 fully saturated rings. The van der Waals surface area contributed by atoms with Crippen molar-refractivity contribution < 1.29 is 24.5 Å². The Labute approximate surface area is 157 Å². The minimum atomic E-state index is -1.46. The van der Waals surface area contributed by atoms with Gasteiger partial charge in [0.15, 0.2) is 11.8 Å².